The highest BCUT2D eigenvalue weighted by Crippen LogP contribution is 2.38. The number of ether oxygens (including phenoxy) is 3. The van der Waals surface area contributed by atoms with Crippen molar-refractivity contribution < 1.29 is 23.8 Å². The normalized spacial score (nSPS) is 17.1. The summed E-state index contributed by atoms with van der Waals surface area (Å²) in [6.07, 6.45) is 0.799. The molecule has 3 aliphatic rings. The largest absolute Gasteiger partial charge is 0.493 e. The number of aryl methyl sites for hydroxylation is 1. The van der Waals surface area contributed by atoms with Crippen LogP contribution in [0.1, 0.15) is 37.7 Å². The number of nitrogens with zero attached hydrogens (tertiary/aromatic N) is 4. The molecule has 1 spiro atoms. The standard InChI is InChI=1S/C34H34N4O6/c1-42-28-10-8-22(16-29(28)43-2)11-13-37-30(12-14-38-31(39)24-5-3-4-6-25(24)32(38)40)35-27-15-23(7-9-26(27)33(37)41)17-36-18-34(19-36)20-44-21-34/h3-10,15-16H,11-14,17-21H2,1-2H3. The van der Waals surface area contributed by atoms with Gasteiger partial charge in [-0.05, 0) is 53.9 Å². The third-order valence-electron chi connectivity index (χ3n) is 8.95. The lowest BCUT2D eigenvalue weighted by atomic mass is 9.78. The molecule has 2 fully saturated rings. The molecule has 4 aromatic rings. The summed E-state index contributed by atoms with van der Waals surface area (Å²) in [4.78, 5) is 48.6. The average molecular weight is 595 g/mol. The highest BCUT2D eigenvalue weighted by Gasteiger charge is 2.48. The van der Waals surface area contributed by atoms with Crippen molar-refractivity contribution in [2.75, 3.05) is 47.1 Å². The first kappa shape index (κ1) is 28.2. The second kappa shape index (κ2) is 11.2. The molecule has 0 bridgehead atoms. The minimum atomic E-state index is -0.322. The predicted octanol–water partition coefficient (Wildman–Crippen LogP) is 3.33. The molecule has 0 unspecified atom stereocenters. The molecular weight excluding hydrogens is 560 g/mol. The van der Waals surface area contributed by atoms with E-state index in [9.17, 15) is 14.4 Å². The number of likely N-dealkylation sites (tertiary alicyclic amines) is 1. The zero-order valence-electron chi connectivity index (χ0n) is 24.9. The lowest BCUT2D eigenvalue weighted by molar-refractivity contribution is -0.191. The summed E-state index contributed by atoms with van der Waals surface area (Å²) in [5.74, 6) is 1.14. The van der Waals surface area contributed by atoms with Crippen LogP contribution in [0, 0.1) is 5.41 Å². The Bertz CT molecular complexity index is 1800. The van der Waals surface area contributed by atoms with E-state index in [2.05, 4.69) is 4.90 Å². The summed E-state index contributed by atoms with van der Waals surface area (Å²) in [7, 11) is 3.18. The summed E-state index contributed by atoms with van der Waals surface area (Å²) in [6.45, 7) is 4.98. The molecule has 1 aromatic heterocycles. The van der Waals surface area contributed by atoms with Crippen LogP contribution in [0.4, 0.5) is 0 Å². The first-order valence-electron chi connectivity index (χ1n) is 14.9. The SMILES string of the molecule is COc1ccc(CCn2c(CCN3C(=O)c4ccccc4C3=O)nc3cc(CN4CC5(COC5)C4)ccc3c2=O)cc1OC. The van der Waals surface area contributed by atoms with Gasteiger partial charge in [-0.15, -0.1) is 0 Å². The predicted molar refractivity (Wildman–Crippen MR) is 163 cm³/mol. The fourth-order valence-corrected chi connectivity index (χ4v) is 6.61. The average Bonchev–Trinajstić information content (AvgIpc) is 3.24. The van der Waals surface area contributed by atoms with E-state index >= 15 is 0 Å². The van der Waals surface area contributed by atoms with E-state index in [1.807, 2.05) is 36.4 Å². The molecule has 3 aromatic carbocycles. The van der Waals surface area contributed by atoms with Crippen molar-refractivity contribution in [1.82, 2.24) is 19.4 Å². The highest BCUT2D eigenvalue weighted by molar-refractivity contribution is 6.21. The Labute approximate surface area is 254 Å². The van der Waals surface area contributed by atoms with Gasteiger partial charge >= 0.3 is 0 Å². The summed E-state index contributed by atoms with van der Waals surface area (Å²) in [5, 5.41) is 0.540. The maximum absolute atomic E-state index is 13.9. The van der Waals surface area contributed by atoms with Gasteiger partial charge in [-0.2, -0.15) is 0 Å². The van der Waals surface area contributed by atoms with Gasteiger partial charge in [-0.3, -0.25) is 28.8 Å². The summed E-state index contributed by atoms with van der Waals surface area (Å²) < 4.78 is 17.9. The third-order valence-corrected chi connectivity index (χ3v) is 8.95. The van der Waals surface area contributed by atoms with E-state index in [-0.39, 0.29) is 30.3 Å². The van der Waals surface area contributed by atoms with Crippen LogP contribution >= 0.6 is 0 Å². The van der Waals surface area contributed by atoms with E-state index in [1.54, 1.807) is 43.1 Å². The highest BCUT2D eigenvalue weighted by atomic mass is 16.5. The molecule has 10 heteroatoms. The molecule has 0 radical (unpaired) electrons. The molecule has 0 aliphatic carbocycles. The fraction of sp³-hybridized carbons (Fsp3) is 0.353. The van der Waals surface area contributed by atoms with Gasteiger partial charge in [0.25, 0.3) is 17.4 Å². The second-order valence-electron chi connectivity index (χ2n) is 12.0. The van der Waals surface area contributed by atoms with Crippen LogP contribution in [0.5, 0.6) is 11.5 Å². The number of methoxy groups -OCH3 is 2. The summed E-state index contributed by atoms with van der Waals surface area (Å²) in [5.41, 5.74) is 3.67. The number of hydrogen-bond acceptors (Lipinski definition) is 8. The molecular formula is C34H34N4O6. The Morgan fingerprint density at radius 2 is 1.52 bits per heavy atom. The Balaban J connectivity index is 1.17. The van der Waals surface area contributed by atoms with Crippen molar-refractivity contribution in [1.29, 1.82) is 0 Å². The molecule has 0 atom stereocenters. The molecule has 0 N–H and O–H groups in total. The first-order chi connectivity index (χ1) is 21.4. The van der Waals surface area contributed by atoms with Gasteiger partial charge < -0.3 is 14.2 Å². The molecule has 10 nitrogen and oxygen atoms in total. The molecule has 0 saturated carbocycles. The van der Waals surface area contributed by atoms with Crippen LogP contribution in [0.25, 0.3) is 10.9 Å². The zero-order chi connectivity index (χ0) is 30.4. The van der Waals surface area contributed by atoms with Gasteiger partial charge in [-0.25, -0.2) is 4.98 Å². The van der Waals surface area contributed by atoms with Crippen molar-refractivity contribution in [3.8, 4) is 11.5 Å². The molecule has 226 valence electrons. The fourth-order valence-electron chi connectivity index (χ4n) is 6.61. The number of carbonyl (C=O) groups excluding carboxylic acids is 2. The molecule has 7 rings (SSSR count). The number of carbonyl (C=O) groups is 2. The smallest absolute Gasteiger partial charge is 0.261 e. The Hall–Kier alpha value is -4.54. The third kappa shape index (κ3) is 4.93. The summed E-state index contributed by atoms with van der Waals surface area (Å²) in [6, 6.07) is 18.4. The number of rotatable bonds is 10. The quantitative estimate of drug-likeness (QED) is 0.258. The van der Waals surface area contributed by atoms with E-state index in [0.29, 0.717) is 57.7 Å². The Morgan fingerprint density at radius 3 is 2.18 bits per heavy atom. The molecule has 4 heterocycles. The number of fused-ring (bicyclic) bond motifs is 2. The van der Waals surface area contributed by atoms with Crippen molar-refractivity contribution in [3.63, 3.8) is 0 Å². The van der Waals surface area contributed by atoms with E-state index in [4.69, 9.17) is 19.2 Å². The molecule has 3 aliphatic heterocycles. The van der Waals surface area contributed by atoms with Crippen LogP contribution in [-0.2, 0) is 30.7 Å². The first-order valence-corrected chi connectivity index (χ1v) is 14.9. The van der Waals surface area contributed by atoms with Crippen molar-refractivity contribution in [3.05, 3.63) is 99.1 Å². The Morgan fingerprint density at radius 1 is 0.818 bits per heavy atom. The van der Waals surface area contributed by atoms with E-state index in [1.165, 1.54) is 4.90 Å². The van der Waals surface area contributed by atoms with Crippen molar-refractivity contribution in [2.24, 2.45) is 5.41 Å². The topological polar surface area (TPSA) is 103 Å². The van der Waals surface area contributed by atoms with Crippen LogP contribution < -0.4 is 15.0 Å². The number of hydrogen-bond donors (Lipinski definition) is 0. The zero-order valence-corrected chi connectivity index (χ0v) is 24.9. The number of benzene rings is 3. The minimum Gasteiger partial charge on any atom is -0.493 e. The number of aromatic nitrogens is 2. The van der Waals surface area contributed by atoms with E-state index in [0.717, 1.165) is 44.0 Å². The molecule has 2 saturated heterocycles. The van der Waals surface area contributed by atoms with Crippen LogP contribution in [-0.4, -0.2) is 78.2 Å². The van der Waals surface area contributed by atoms with Gasteiger partial charge in [0.2, 0.25) is 0 Å². The molecule has 44 heavy (non-hydrogen) atoms. The van der Waals surface area contributed by atoms with Gasteiger partial charge in [-0.1, -0.05) is 24.3 Å². The Kier molecular flexibility index (Phi) is 7.18. The molecule has 2 amide bonds. The van der Waals surface area contributed by atoms with Crippen LogP contribution in [0.2, 0.25) is 0 Å². The number of imide groups is 1. The van der Waals surface area contributed by atoms with Crippen LogP contribution in [0.15, 0.2) is 65.5 Å². The van der Waals surface area contributed by atoms with Crippen LogP contribution in [0.3, 0.4) is 0 Å². The maximum atomic E-state index is 13.9. The van der Waals surface area contributed by atoms with Crippen molar-refractivity contribution in [2.45, 2.75) is 25.9 Å². The lowest BCUT2D eigenvalue weighted by Crippen LogP contribution is -2.65. The van der Waals surface area contributed by atoms with Gasteiger partial charge in [0.15, 0.2) is 11.5 Å². The maximum Gasteiger partial charge on any atom is 0.261 e. The van der Waals surface area contributed by atoms with E-state index < -0.39 is 0 Å². The van der Waals surface area contributed by atoms with Gasteiger partial charge in [0, 0.05) is 44.6 Å². The van der Waals surface area contributed by atoms with Gasteiger partial charge in [0.05, 0.1) is 49.5 Å². The monoisotopic (exact) mass is 594 g/mol. The van der Waals surface area contributed by atoms with Crippen molar-refractivity contribution >= 4 is 22.7 Å². The van der Waals surface area contributed by atoms with Gasteiger partial charge in [0.1, 0.15) is 5.82 Å². The number of amides is 2. The lowest BCUT2D eigenvalue weighted by Gasteiger charge is -2.55. The second-order valence-corrected chi connectivity index (χ2v) is 12.0. The minimum absolute atomic E-state index is 0.123. The summed E-state index contributed by atoms with van der Waals surface area (Å²) >= 11 is 0.